The van der Waals surface area contributed by atoms with Crippen molar-refractivity contribution in [1.29, 1.82) is 0 Å². The molecule has 1 unspecified atom stereocenters. The molecule has 0 radical (unpaired) electrons. The van der Waals surface area contributed by atoms with E-state index in [9.17, 15) is 14.7 Å². The number of esters is 2. The molecule has 0 aromatic carbocycles. The molecule has 458 valence electrons. The quantitative estimate of drug-likeness (QED) is 0.0373. The zero-order valence-electron chi connectivity index (χ0n) is 52.4. The van der Waals surface area contributed by atoms with Gasteiger partial charge in [0, 0.05) is 12.8 Å². The third-order valence-corrected chi connectivity index (χ3v) is 13.4. The van der Waals surface area contributed by atoms with Crippen LogP contribution in [-0.2, 0) is 19.1 Å². The van der Waals surface area contributed by atoms with Gasteiger partial charge in [0.1, 0.15) is 6.61 Å². The molecular formula is C77H120O5. The second-order valence-electron chi connectivity index (χ2n) is 21.1. The topological polar surface area (TPSA) is 72.8 Å². The number of hydrogen-bond donors (Lipinski definition) is 1. The summed E-state index contributed by atoms with van der Waals surface area (Å²) in [6, 6.07) is 0. The summed E-state index contributed by atoms with van der Waals surface area (Å²) in [6.45, 7) is 3.88. The van der Waals surface area contributed by atoms with E-state index in [1.807, 2.05) is 0 Å². The van der Waals surface area contributed by atoms with Crippen molar-refractivity contribution in [3.8, 4) is 0 Å². The van der Waals surface area contributed by atoms with Crippen molar-refractivity contribution < 1.29 is 24.2 Å². The number of aliphatic hydroxyl groups is 1. The molecule has 0 aliphatic rings. The van der Waals surface area contributed by atoms with Crippen LogP contribution in [0.3, 0.4) is 0 Å². The van der Waals surface area contributed by atoms with Gasteiger partial charge < -0.3 is 14.6 Å². The molecule has 5 heteroatoms. The molecule has 1 atom stereocenters. The number of aliphatic hydroxyl groups excluding tert-OH is 1. The minimum absolute atomic E-state index is 0.0912. The van der Waals surface area contributed by atoms with E-state index in [0.29, 0.717) is 12.8 Å². The average Bonchev–Trinajstić information content (AvgIpc) is 3.49. The SMILES string of the molecule is CC/C=C\C/C=C\C/C=C\C/C=C\C/C=C\C/C=C\C/C=C\C/C=C\C/C=C\CCCCCC(=O)OC(CO)COC(=O)CCCCCCCCCCCCCCCCC/C=C\C/C=C\C/C=C\C/C=C\C/C=C\C/C=C\C/C=C\CC. The fourth-order valence-corrected chi connectivity index (χ4v) is 8.53. The van der Waals surface area contributed by atoms with Crippen molar-refractivity contribution in [2.24, 2.45) is 0 Å². The van der Waals surface area contributed by atoms with Crippen molar-refractivity contribution in [2.75, 3.05) is 13.2 Å². The lowest BCUT2D eigenvalue weighted by Crippen LogP contribution is -2.28. The third kappa shape index (κ3) is 67.2. The van der Waals surface area contributed by atoms with Crippen molar-refractivity contribution >= 4 is 11.9 Å². The molecule has 82 heavy (non-hydrogen) atoms. The van der Waals surface area contributed by atoms with Crippen molar-refractivity contribution in [1.82, 2.24) is 0 Å². The van der Waals surface area contributed by atoms with Gasteiger partial charge in [0.15, 0.2) is 6.10 Å². The first-order valence-corrected chi connectivity index (χ1v) is 33.0. The maximum Gasteiger partial charge on any atom is 0.306 e. The van der Waals surface area contributed by atoms with Gasteiger partial charge in [-0.1, -0.05) is 298 Å². The van der Waals surface area contributed by atoms with Gasteiger partial charge in [-0.2, -0.15) is 0 Å². The number of carbonyl (C=O) groups is 2. The first-order valence-electron chi connectivity index (χ1n) is 33.0. The molecule has 0 fully saturated rings. The smallest absolute Gasteiger partial charge is 0.306 e. The summed E-state index contributed by atoms with van der Waals surface area (Å²) in [5.74, 6) is -0.639. The van der Waals surface area contributed by atoms with Gasteiger partial charge in [-0.25, -0.2) is 0 Å². The second-order valence-corrected chi connectivity index (χ2v) is 21.1. The maximum absolute atomic E-state index is 12.3. The Balaban J connectivity index is 3.61. The van der Waals surface area contributed by atoms with Crippen molar-refractivity contribution in [3.05, 3.63) is 194 Å². The van der Waals surface area contributed by atoms with Gasteiger partial charge in [-0.3, -0.25) is 9.59 Å². The number of carbonyl (C=O) groups excluding carboxylic acids is 2. The van der Waals surface area contributed by atoms with Crippen LogP contribution in [0, 0.1) is 0 Å². The molecule has 0 saturated heterocycles. The van der Waals surface area contributed by atoms with Gasteiger partial charge in [0.2, 0.25) is 0 Å². The highest BCUT2D eigenvalue weighted by Gasteiger charge is 2.16. The minimum atomic E-state index is -0.806. The Bertz CT molecular complexity index is 1900. The van der Waals surface area contributed by atoms with Gasteiger partial charge in [0.05, 0.1) is 6.61 Å². The molecule has 5 nitrogen and oxygen atoms in total. The van der Waals surface area contributed by atoms with Crippen LogP contribution < -0.4 is 0 Å². The average molecular weight is 1130 g/mol. The third-order valence-electron chi connectivity index (χ3n) is 13.4. The van der Waals surface area contributed by atoms with E-state index in [0.717, 1.165) is 148 Å². The van der Waals surface area contributed by atoms with Gasteiger partial charge in [0.25, 0.3) is 0 Å². The highest BCUT2D eigenvalue weighted by Crippen LogP contribution is 2.15. The Kier molecular flexibility index (Phi) is 65.5. The summed E-state index contributed by atoms with van der Waals surface area (Å²) in [7, 11) is 0. The highest BCUT2D eigenvalue weighted by atomic mass is 16.6. The molecule has 0 saturated carbocycles. The Morgan fingerprint density at radius 1 is 0.280 bits per heavy atom. The van der Waals surface area contributed by atoms with E-state index < -0.39 is 6.10 Å². The molecule has 0 heterocycles. The van der Waals surface area contributed by atoms with E-state index >= 15 is 0 Å². The van der Waals surface area contributed by atoms with Crippen LogP contribution in [0.1, 0.15) is 258 Å². The van der Waals surface area contributed by atoms with E-state index in [1.54, 1.807) is 0 Å². The molecule has 0 aliphatic heterocycles. The molecule has 0 rings (SSSR count). The van der Waals surface area contributed by atoms with Gasteiger partial charge in [-0.15, -0.1) is 0 Å². The monoisotopic (exact) mass is 1120 g/mol. The largest absolute Gasteiger partial charge is 0.462 e. The van der Waals surface area contributed by atoms with Crippen LogP contribution in [0.4, 0.5) is 0 Å². The maximum atomic E-state index is 12.3. The van der Waals surface area contributed by atoms with Crippen molar-refractivity contribution in [2.45, 2.75) is 264 Å². The molecule has 0 aromatic rings. The van der Waals surface area contributed by atoms with Gasteiger partial charge >= 0.3 is 11.9 Å². The molecule has 0 amide bonds. The molecule has 0 aromatic heterocycles. The minimum Gasteiger partial charge on any atom is -0.462 e. The molecular weight excluding hydrogens is 1000 g/mol. The number of rotatable bonds is 58. The number of ether oxygens (including phenoxy) is 2. The number of unbranched alkanes of at least 4 members (excludes halogenated alkanes) is 18. The van der Waals surface area contributed by atoms with E-state index in [1.165, 1.54) is 83.5 Å². The highest BCUT2D eigenvalue weighted by molar-refractivity contribution is 5.70. The van der Waals surface area contributed by atoms with E-state index in [-0.39, 0.29) is 25.2 Å². The first-order chi connectivity index (χ1) is 40.6. The standard InChI is InChI=1S/C77H120O5/c1-3-5-7-9-11-13-15-17-19-21-23-25-27-29-31-33-35-36-37-38-39-40-42-43-45-47-49-51-53-55-57-59-61-63-65-67-69-71-76(79)81-74-75(73-78)82-77(80)72-70-68-66-64-62-60-58-56-54-52-50-48-46-44-41-34-32-30-28-26-24-22-20-18-16-14-12-10-8-6-4-2/h5-8,11-14,17-20,23-26,29-32,35-36,38-39,41,44,48,50,54,56,60,62,75,78H,3-4,9-10,15-16,21-22,27-28,33-34,37,40,42-43,45-47,49,51-53,55,57-59,61,63-74H2,1-2H3/b7-5-,8-6-,13-11-,14-12-,19-17-,20-18-,25-23-,26-24-,31-29-,32-30-,36-35-,39-38-,44-41-,50-48-,56-54-,62-60-. The summed E-state index contributed by atoms with van der Waals surface area (Å²) in [4.78, 5) is 24.6. The molecule has 0 bridgehead atoms. The van der Waals surface area contributed by atoms with Crippen molar-refractivity contribution in [3.63, 3.8) is 0 Å². The summed E-state index contributed by atoms with van der Waals surface area (Å²) >= 11 is 0. The molecule has 0 aliphatic carbocycles. The first kappa shape index (κ1) is 76.7. The Morgan fingerprint density at radius 2 is 0.488 bits per heavy atom. The fraction of sp³-hybridized carbons (Fsp3) is 0.558. The predicted molar refractivity (Wildman–Crippen MR) is 361 cm³/mol. The van der Waals surface area contributed by atoms with Crippen LogP contribution >= 0.6 is 0 Å². The molecule has 0 spiro atoms. The number of hydrogen-bond acceptors (Lipinski definition) is 5. The Morgan fingerprint density at radius 3 is 0.744 bits per heavy atom. The molecule has 1 N–H and O–H groups in total. The second kappa shape index (κ2) is 70.0. The fourth-order valence-electron chi connectivity index (χ4n) is 8.53. The summed E-state index contributed by atoms with van der Waals surface area (Å²) < 4.78 is 10.7. The lowest BCUT2D eigenvalue weighted by Gasteiger charge is -2.15. The van der Waals surface area contributed by atoms with Crippen LogP contribution in [0.25, 0.3) is 0 Å². The summed E-state index contributed by atoms with van der Waals surface area (Å²) in [6.07, 6.45) is 111. The van der Waals surface area contributed by atoms with E-state index in [2.05, 4.69) is 208 Å². The van der Waals surface area contributed by atoms with Crippen LogP contribution in [0.5, 0.6) is 0 Å². The van der Waals surface area contributed by atoms with Gasteiger partial charge in [-0.05, 0) is 141 Å². The zero-order valence-corrected chi connectivity index (χ0v) is 52.4. The lowest BCUT2D eigenvalue weighted by atomic mass is 10.0. The lowest BCUT2D eigenvalue weighted by molar-refractivity contribution is -0.161. The van der Waals surface area contributed by atoms with Crippen LogP contribution in [0.15, 0.2) is 194 Å². The Labute approximate surface area is 505 Å². The Hall–Kier alpha value is -5.26. The van der Waals surface area contributed by atoms with E-state index in [4.69, 9.17) is 9.47 Å². The van der Waals surface area contributed by atoms with Crippen LogP contribution in [-0.4, -0.2) is 36.4 Å². The summed E-state index contributed by atoms with van der Waals surface area (Å²) in [5.41, 5.74) is 0. The normalized spacial score (nSPS) is 13.5. The predicted octanol–water partition coefficient (Wildman–Crippen LogP) is 23.2. The van der Waals surface area contributed by atoms with Crippen LogP contribution in [0.2, 0.25) is 0 Å². The summed E-state index contributed by atoms with van der Waals surface area (Å²) in [5, 5.41) is 9.69. The zero-order chi connectivity index (χ0) is 59.1. The number of allylic oxidation sites excluding steroid dienone is 32.